The Kier molecular flexibility index (Phi) is 9.30. The number of halogens is 1. The van der Waals surface area contributed by atoms with Crippen LogP contribution in [-0.4, -0.2) is 43.8 Å². The number of carbonyl (C=O) groups is 2. The van der Waals surface area contributed by atoms with Gasteiger partial charge in [-0.3, -0.25) is 13.9 Å². The standard InChI is InChI=1S/C30H34ClN3O4S/c1-22-11-10-15-26(19-22)34(39(37,38)27-16-4-3-5-17-27)21-29(35)33(20-24-12-6-9-18-28(24)31)23(2)30(36)32-25-13-7-8-14-25/h3-6,9-12,15-19,23,25H,7-8,13-14,20-21H2,1-2H3,(H,32,36)/t23-/m0/s1. The summed E-state index contributed by atoms with van der Waals surface area (Å²) >= 11 is 6.42. The first-order chi connectivity index (χ1) is 18.7. The number of nitrogens with one attached hydrogen (secondary N) is 1. The molecule has 9 heteroatoms. The number of aryl methyl sites for hydroxylation is 1. The van der Waals surface area contributed by atoms with E-state index in [9.17, 15) is 18.0 Å². The Balaban J connectivity index is 1.69. The molecule has 0 heterocycles. The maximum atomic E-state index is 14.0. The van der Waals surface area contributed by atoms with Crippen LogP contribution in [-0.2, 0) is 26.2 Å². The van der Waals surface area contributed by atoms with Crippen LogP contribution in [0.25, 0.3) is 0 Å². The molecular formula is C30H34ClN3O4S. The first kappa shape index (κ1) is 28.6. The minimum atomic E-state index is -4.09. The number of carbonyl (C=O) groups excluding carboxylic acids is 2. The fourth-order valence-corrected chi connectivity index (χ4v) is 6.44. The summed E-state index contributed by atoms with van der Waals surface area (Å²) in [5, 5.41) is 3.53. The summed E-state index contributed by atoms with van der Waals surface area (Å²) < 4.78 is 28.7. The van der Waals surface area contributed by atoms with E-state index in [0.29, 0.717) is 16.3 Å². The van der Waals surface area contributed by atoms with Gasteiger partial charge >= 0.3 is 0 Å². The minimum Gasteiger partial charge on any atom is -0.352 e. The number of hydrogen-bond donors (Lipinski definition) is 1. The molecule has 0 aromatic heterocycles. The maximum absolute atomic E-state index is 14.0. The van der Waals surface area contributed by atoms with Gasteiger partial charge in [0.15, 0.2) is 0 Å². The monoisotopic (exact) mass is 567 g/mol. The van der Waals surface area contributed by atoms with Crippen molar-refractivity contribution in [3.05, 3.63) is 95.0 Å². The van der Waals surface area contributed by atoms with E-state index in [1.807, 2.05) is 19.1 Å². The van der Waals surface area contributed by atoms with Crippen LogP contribution in [0.2, 0.25) is 5.02 Å². The Labute approximate surface area is 235 Å². The van der Waals surface area contributed by atoms with E-state index in [0.717, 1.165) is 35.6 Å². The SMILES string of the molecule is Cc1cccc(N(CC(=O)N(Cc2ccccc2Cl)[C@@H](C)C(=O)NC2CCCC2)S(=O)(=O)c2ccccc2)c1. The molecule has 1 saturated carbocycles. The highest BCUT2D eigenvalue weighted by Crippen LogP contribution is 2.26. The normalized spacial score (nSPS) is 14.5. The number of amides is 2. The van der Waals surface area contributed by atoms with Crippen molar-refractivity contribution in [1.29, 1.82) is 0 Å². The van der Waals surface area contributed by atoms with Crippen LogP contribution in [0.3, 0.4) is 0 Å². The van der Waals surface area contributed by atoms with Crippen LogP contribution < -0.4 is 9.62 Å². The van der Waals surface area contributed by atoms with Gasteiger partial charge in [0.1, 0.15) is 12.6 Å². The van der Waals surface area contributed by atoms with E-state index in [2.05, 4.69) is 5.32 Å². The molecule has 39 heavy (non-hydrogen) atoms. The molecule has 3 aromatic carbocycles. The molecular weight excluding hydrogens is 534 g/mol. The molecule has 0 spiro atoms. The second-order valence-electron chi connectivity index (χ2n) is 9.94. The van der Waals surface area contributed by atoms with Gasteiger partial charge in [0.05, 0.1) is 10.6 Å². The predicted octanol–water partition coefficient (Wildman–Crippen LogP) is 5.32. The Morgan fingerprint density at radius 2 is 1.64 bits per heavy atom. The molecule has 0 saturated heterocycles. The van der Waals surface area contributed by atoms with E-state index in [1.54, 1.807) is 61.5 Å². The molecule has 2 amide bonds. The highest BCUT2D eigenvalue weighted by molar-refractivity contribution is 7.92. The fourth-order valence-electron chi connectivity index (χ4n) is 4.82. The summed E-state index contributed by atoms with van der Waals surface area (Å²) in [6, 6.07) is 21.4. The Bertz CT molecular complexity index is 1410. The lowest BCUT2D eigenvalue weighted by molar-refractivity contribution is -0.139. The highest BCUT2D eigenvalue weighted by atomic mass is 35.5. The molecule has 1 N–H and O–H groups in total. The van der Waals surface area contributed by atoms with Crippen molar-refractivity contribution in [3.63, 3.8) is 0 Å². The summed E-state index contributed by atoms with van der Waals surface area (Å²) in [5.74, 6) is -0.777. The first-order valence-corrected chi connectivity index (χ1v) is 15.0. The molecule has 0 radical (unpaired) electrons. The van der Waals surface area contributed by atoms with E-state index >= 15 is 0 Å². The number of sulfonamides is 1. The third-order valence-electron chi connectivity index (χ3n) is 7.07. The summed E-state index contributed by atoms with van der Waals surface area (Å²) in [5.41, 5.74) is 1.89. The number of nitrogens with zero attached hydrogens (tertiary/aromatic N) is 2. The second kappa shape index (κ2) is 12.7. The molecule has 1 atom stereocenters. The first-order valence-electron chi connectivity index (χ1n) is 13.1. The van der Waals surface area contributed by atoms with E-state index < -0.39 is 28.5 Å². The molecule has 1 aliphatic carbocycles. The van der Waals surface area contributed by atoms with Crippen LogP contribution in [0.1, 0.15) is 43.7 Å². The van der Waals surface area contributed by atoms with Crippen molar-refractivity contribution in [3.8, 4) is 0 Å². The van der Waals surface area contributed by atoms with Crippen LogP contribution in [0.5, 0.6) is 0 Å². The van der Waals surface area contributed by atoms with Gasteiger partial charge in [-0.2, -0.15) is 0 Å². The third kappa shape index (κ3) is 6.99. The Morgan fingerprint density at radius 3 is 2.31 bits per heavy atom. The zero-order chi connectivity index (χ0) is 28.0. The lowest BCUT2D eigenvalue weighted by Gasteiger charge is -2.32. The number of benzene rings is 3. The molecule has 7 nitrogen and oxygen atoms in total. The summed E-state index contributed by atoms with van der Waals surface area (Å²) in [4.78, 5) is 28.7. The number of hydrogen-bond acceptors (Lipinski definition) is 4. The average molecular weight is 568 g/mol. The van der Waals surface area contributed by atoms with Gasteiger partial charge in [0.25, 0.3) is 10.0 Å². The van der Waals surface area contributed by atoms with Gasteiger partial charge in [-0.15, -0.1) is 0 Å². The maximum Gasteiger partial charge on any atom is 0.264 e. The predicted molar refractivity (Wildman–Crippen MR) is 154 cm³/mol. The van der Waals surface area contributed by atoms with E-state index in [4.69, 9.17) is 11.6 Å². The molecule has 1 fully saturated rings. The zero-order valence-corrected chi connectivity index (χ0v) is 23.8. The molecule has 0 bridgehead atoms. The van der Waals surface area contributed by atoms with Gasteiger partial charge in [-0.1, -0.05) is 73.0 Å². The summed E-state index contributed by atoms with van der Waals surface area (Å²) in [6.45, 7) is 3.11. The molecule has 0 aliphatic heterocycles. The lowest BCUT2D eigenvalue weighted by atomic mass is 10.1. The highest BCUT2D eigenvalue weighted by Gasteiger charge is 2.33. The van der Waals surface area contributed by atoms with Crippen LogP contribution in [0.15, 0.2) is 83.8 Å². The summed E-state index contributed by atoms with van der Waals surface area (Å²) in [6.07, 6.45) is 3.94. The number of rotatable bonds is 10. The van der Waals surface area contributed by atoms with Crippen molar-refractivity contribution in [2.24, 2.45) is 0 Å². The van der Waals surface area contributed by atoms with Gasteiger partial charge < -0.3 is 10.2 Å². The molecule has 206 valence electrons. The largest absolute Gasteiger partial charge is 0.352 e. The van der Waals surface area contributed by atoms with Crippen LogP contribution in [0.4, 0.5) is 5.69 Å². The van der Waals surface area contributed by atoms with Gasteiger partial charge in [0.2, 0.25) is 11.8 Å². The van der Waals surface area contributed by atoms with Gasteiger partial charge in [0, 0.05) is 17.6 Å². The van der Waals surface area contributed by atoms with Gasteiger partial charge in [-0.05, 0) is 68.1 Å². The van der Waals surface area contributed by atoms with Crippen molar-refractivity contribution in [2.45, 2.75) is 63.1 Å². The van der Waals surface area contributed by atoms with Crippen LogP contribution >= 0.6 is 11.6 Å². The quantitative estimate of drug-likeness (QED) is 0.359. The van der Waals surface area contributed by atoms with Crippen LogP contribution in [0, 0.1) is 6.92 Å². The summed E-state index contributed by atoms with van der Waals surface area (Å²) in [7, 11) is -4.09. The van der Waals surface area contributed by atoms with Gasteiger partial charge in [-0.25, -0.2) is 8.42 Å². The molecule has 3 aromatic rings. The fraction of sp³-hybridized carbons (Fsp3) is 0.333. The second-order valence-corrected chi connectivity index (χ2v) is 12.2. The topological polar surface area (TPSA) is 86.8 Å². The van der Waals surface area contributed by atoms with Crippen molar-refractivity contribution in [1.82, 2.24) is 10.2 Å². The molecule has 4 rings (SSSR count). The zero-order valence-electron chi connectivity index (χ0n) is 22.2. The third-order valence-corrected chi connectivity index (χ3v) is 9.22. The van der Waals surface area contributed by atoms with E-state index in [1.165, 1.54) is 17.0 Å². The molecule has 0 unspecified atom stereocenters. The number of anilines is 1. The van der Waals surface area contributed by atoms with Crippen molar-refractivity contribution < 1.29 is 18.0 Å². The molecule has 1 aliphatic rings. The van der Waals surface area contributed by atoms with Crippen molar-refractivity contribution >= 4 is 39.1 Å². The smallest absolute Gasteiger partial charge is 0.264 e. The van der Waals surface area contributed by atoms with E-state index in [-0.39, 0.29) is 23.4 Å². The Morgan fingerprint density at radius 1 is 0.974 bits per heavy atom. The van der Waals surface area contributed by atoms with Crippen molar-refractivity contribution in [2.75, 3.05) is 10.8 Å². The minimum absolute atomic E-state index is 0.0603. The lowest BCUT2D eigenvalue weighted by Crippen LogP contribution is -2.52. The Hall–Kier alpha value is -3.36. The average Bonchev–Trinajstić information content (AvgIpc) is 3.44.